The summed E-state index contributed by atoms with van der Waals surface area (Å²) in [7, 11) is 0. The molecule has 1 saturated heterocycles. The van der Waals surface area contributed by atoms with Crippen molar-refractivity contribution in [2.75, 3.05) is 11.5 Å². The quantitative estimate of drug-likeness (QED) is 0.317. The molecule has 4 rings (SSSR count). The fourth-order valence-electron chi connectivity index (χ4n) is 4.11. The van der Waals surface area contributed by atoms with Crippen LogP contribution in [-0.2, 0) is 9.59 Å². The Morgan fingerprint density at radius 2 is 1.73 bits per heavy atom. The Labute approximate surface area is 193 Å². The predicted molar refractivity (Wildman–Crippen MR) is 126 cm³/mol. The van der Waals surface area contributed by atoms with E-state index in [0.717, 1.165) is 16.7 Å². The number of ketones is 1. The van der Waals surface area contributed by atoms with E-state index >= 15 is 0 Å². The molecule has 1 amide bonds. The number of ether oxygens (including phenoxy) is 1. The van der Waals surface area contributed by atoms with Gasteiger partial charge in [0.05, 0.1) is 12.2 Å². The zero-order valence-electron chi connectivity index (χ0n) is 19.4. The van der Waals surface area contributed by atoms with Crippen molar-refractivity contribution < 1.29 is 23.8 Å². The van der Waals surface area contributed by atoms with Crippen LogP contribution in [-0.4, -0.2) is 23.4 Å². The Balaban J connectivity index is 1.90. The number of furan rings is 1. The summed E-state index contributed by atoms with van der Waals surface area (Å²) in [4.78, 5) is 27.8. The van der Waals surface area contributed by atoms with Crippen molar-refractivity contribution in [2.24, 2.45) is 0 Å². The lowest BCUT2D eigenvalue weighted by Crippen LogP contribution is -2.29. The second-order valence-corrected chi connectivity index (χ2v) is 8.30. The largest absolute Gasteiger partial charge is 0.507 e. The van der Waals surface area contributed by atoms with E-state index in [-0.39, 0.29) is 11.3 Å². The first-order valence-electron chi connectivity index (χ1n) is 10.9. The van der Waals surface area contributed by atoms with Crippen LogP contribution in [0.1, 0.15) is 46.7 Å². The minimum Gasteiger partial charge on any atom is -0.507 e. The van der Waals surface area contributed by atoms with Gasteiger partial charge in [0, 0.05) is 11.3 Å². The molecule has 1 aromatic heterocycles. The summed E-state index contributed by atoms with van der Waals surface area (Å²) < 4.78 is 11.4. The molecule has 1 aliphatic heterocycles. The van der Waals surface area contributed by atoms with Gasteiger partial charge in [-0.2, -0.15) is 0 Å². The third-order valence-corrected chi connectivity index (χ3v) is 5.99. The molecule has 0 radical (unpaired) electrons. The second-order valence-electron chi connectivity index (χ2n) is 8.30. The Bertz CT molecular complexity index is 1280. The van der Waals surface area contributed by atoms with Crippen molar-refractivity contribution in [3.8, 4) is 5.75 Å². The molecule has 1 unspecified atom stereocenters. The number of rotatable bonds is 5. The fraction of sp³-hybridized carbons (Fsp3) is 0.259. The van der Waals surface area contributed by atoms with E-state index in [1.54, 1.807) is 43.3 Å². The number of hydrogen-bond acceptors (Lipinski definition) is 5. The van der Waals surface area contributed by atoms with E-state index in [1.165, 1.54) is 4.90 Å². The van der Waals surface area contributed by atoms with Gasteiger partial charge in [-0.25, -0.2) is 0 Å². The summed E-state index contributed by atoms with van der Waals surface area (Å²) in [6, 6.07) is 13.4. The summed E-state index contributed by atoms with van der Waals surface area (Å²) in [6.07, 6.45) is 0. The molecule has 170 valence electrons. The number of hydrogen-bond donors (Lipinski definition) is 1. The third kappa shape index (κ3) is 3.93. The number of nitrogens with zero attached hydrogens (tertiary/aromatic N) is 1. The molecular formula is C27H27NO5. The standard InChI is InChI=1S/C27H27NO5/c1-6-32-21-12-9-19(13-17(21)4)25(29)23-24(22-11-8-18(5)33-22)28(27(31)26(23)30)20-10-7-15(2)16(3)14-20/h7-14,24,29H,6H2,1-5H3/b25-23-. The van der Waals surface area contributed by atoms with Crippen LogP contribution in [0.4, 0.5) is 5.69 Å². The molecule has 0 spiro atoms. The smallest absolute Gasteiger partial charge is 0.300 e. The van der Waals surface area contributed by atoms with Gasteiger partial charge in [0.2, 0.25) is 0 Å². The highest BCUT2D eigenvalue weighted by Gasteiger charge is 2.48. The van der Waals surface area contributed by atoms with Gasteiger partial charge in [0.15, 0.2) is 0 Å². The number of benzene rings is 2. The number of anilines is 1. The van der Waals surface area contributed by atoms with E-state index in [2.05, 4.69) is 0 Å². The molecule has 33 heavy (non-hydrogen) atoms. The van der Waals surface area contributed by atoms with Crippen molar-refractivity contribution in [3.63, 3.8) is 0 Å². The first kappa shape index (κ1) is 22.4. The molecule has 0 bridgehead atoms. The van der Waals surface area contributed by atoms with Crippen LogP contribution in [0, 0.1) is 27.7 Å². The Hall–Kier alpha value is -3.80. The highest BCUT2D eigenvalue weighted by atomic mass is 16.5. The van der Waals surface area contributed by atoms with Crippen LogP contribution in [0.3, 0.4) is 0 Å². The molecule has 2 aromatic carbocycles. The number of aliphatic hydroxyl groups is 1. The van der Waals surface area contributed by atoms with Crippen LogP contribution >= 0.6 is 0 Å². The Morgan fingerprint density at radius 3 is 2.33 bits per heavy atom. The maximum Gasteiger partial charge on any atom is 0.300 e. The number of Topliss-reactive ketones (excluding diaryl/α,β-unsaturated/α-hetero) is 1. The summed E-state index contributed by atoms with van der Waals surface area (Å²) in [5.41, 5.74) is 3.88. The molecule has 1 N–H and O–H groups in total. The third-order valence-electron chi connectivity index (χ3n) is 5.99. The maximum atomic E-state index is 13.2. The molecule has 3 aromatic rings. The number of amides is 1. The molecule has 0 aliphatic carbocycles. The van der Waals surface area contributed by atoms with Crippen molar-refractivity contribution >= 4 is 23.1 Å². The lowest BCUT2D eigenvalue weighted by atomic mass is 9.98. The molecule has 2 heterocycles. The van der Waals surface area contributed by atoms with E-state index in [4.69, 9.17) is 9.15 Å². The maximum absolute atomic E-state index is 13.2. The molecule has 0 saturated carbocycles. The van der Waals surface area contributed by atoms with Gasteiger partial charge in [-0.1, -0.05) is 6.07 Å². The fourth-order valence-corrected chi connectivity index (χ4v) is 4.11. The summed E-state index contributed by atoms with van der Waals surface area (Å²) in [6.45, 7) is 10.0. The highest BCUT2D eigenvalue weighted by Crippen LogP contribution is 2.43. The normalized spacial score (nSPS) is 17.6. The SMILES string of the molecule is CCOc1ccc(/C(O)=C2/C(=O)C(=O)N(c3ccc(C)c(C)c3)C2c2ccc(C)o2)cc1C. The molecule has 1 atom stereocenters. The summed E-state index contributed by atoms with van der Waals surface area (Å²) in [5.74, 6) is 0.0484. The van der Waals surface area contributed by atoms with Gasteiger partial charge >= 0.3 is 0 Å². The lowest BCUT2D eigenvalue weighted by molar-refractivity contribution is -0.132. The monoisotopic (exact) mass is 445 g/mol. The molecule has 6 heteroatoms. The van der Waals surface area contributed by atoms with Crippen molar-refractivity contribution in [1.82, 2.24) is 0 Å². The van der Waals surface area contributed by atoms with Crippen LogP contribution in [0.15, 0.2) is 58.5 Å². The highest BCUT2D eigenvalue weighted by molar-refractivity contribution is 6.51. The molecule has 6 nitrogen and oxygen atoms in total. The molecule has 1 aliphatic rings. The first-order valence-corrected chi connectivity index (χ1v) is 10.9. The lowest BCUT2D eigenvalue weighted by Gasteiger charge is -2.24. The zero-order valence-corrected chi connectivity index (χ0v) is 19.4. The van der Waals surface area contributed by atoms with E-state index < -0.39 is 17.7 Å². The average Bonchev–Trinajstić information content (AvgIpc) is 3.32. The van der Waals surface area contributed by atoms with Gasteiger partial charge in [0.1, 0.15) is 29.1 Å². The Morgan fingerprint density at radius 1 is 0.970 bits per heavy atom. The van der Waals surface area contributed by atoms with Crippen LogP contribution in [0.5, 0.6) is 5.75 Å². The van der Waals surface area contributed by atoms with Crippen LogP contribution < -0.4 is 9.64 Å². The number of aryl methyl sites for hydroxylation is 4. The van der Waals surface area contributed by atoms with Gasteiger partial charge in [-0.3, -0.25) is 14.5 Å². The first-order chi connectivity index (χ1) is 15.7. The summed E-state index contributed by atoms with van der Waals surface area (Å²) in [5, 5.41) is 11.3. The number of aliphatic hydroxyl groups excluding tert-OH is 1. The van der Waals surface area contributed by atoms with Crippen molar-refractivity contribution in [3.05, 3.63) is 87.9 Å². The van der Waals surface area contributed by atoms with Crippen molar-refractivity contribution in [1.29, 1.82) is 0 Å². The van der Waals surface area contributed by atoms with Crippen LogP contribution in [0.25, 0.3) is 5.76 Å². The average molecular weight is 446 g/mol. The zero-order chi connectivity index (χ0) is 23.9. The molecule has 1 fully saturated rings. The van der Waals surface area contributed by atoms with E-state index in [0.29, 0.717) is 35.1 Å². The minimum atomic E-state index is -0.882. The number of carbonyl (C=O) groups is 2. The van der Waals surface area contributed by atoms with Gasteiger partial charge < -0.3 is 14.3 Å². The van der Waals surface area contributed by atoms with E-state index in [9.17, 15) is 14.7 Å². The van der Waals surface area contributed by atoms with Gasteiger partial charge in [0.25, 0.3) is 11.7 Å². The van der Waals surface area contributed by atoms with Gasteiger partial charge in [-0.15, -0.1) is 0 Å². The van der Waals surface area contributed by atoms with E-state index in [1.807, 2.05) is 39.8 Å². The Kier molecular flexibility index (Phi) is 5.85. The predicted octanol–water partition coefficient (Wildman–Crippen LogP) is 5.54. The topological polar surface area (TPSA) is 80.0 Å². The minimum absolute atomic E-state index is 0.00358. The van der Waals surface area contributed by atoms with Crippen LogP contribution in [0.2, 0.25) is 0 Å². The summed E-state index contributed by atoms with van der Waals surface area (Å²) >= 11 is 0. The second kappa shape index (κ2) is 8.62. The van der Waals surface area contributed by atoms with Crippen molar-refractivity contribution in [2.45, 2.75) is 40.7 Å². The van der Waals surface area contributed by atoms with Gasteiger partial charge in [-0.05, 0) is 93.8 Å². The number of carbonyl (C=O) groups excluding carboxylic acids is 2. The molecular weight excluding hydrogens is 418 g/mol.